The third-order valence-corrected chi connectivity index (χ3v) is 3.36. The standard InChI is InChI=1S/C16H14F2N2O2S/c17-16(18)23-14-8-6-13(7-9-14)20-15(21)11-22-19-10-12-4-2-1-3-5-12/h1-10,16H,11H2,(H,20,21). The van der Waals surface area contributed by atoms with Gasteiger partial charge in [0.25, 0.3) is 11.7 Å². The second-order valence-corrected chi connectivity index (χ2v) is 5.43. The number of halogens is 2. The summed E-state index contributed by atoms with van der Waals surface area (Å²) in [6.07, 6.45) is 1.50. The molecule has 0 aliphatic carbocycles. The Morgan fingerprint density at radius 1 is 1.17 bits per heavy atom. The number of hydrogen-bond acceptors (Lipinski definition) is 4. The van der Waals surface area contributed by atoms with Crippen LogP contribution in [0.25, 0.3) is 0 Å². The first-order valence-electron chi connectivity index (χ1n) is 6.68. The first-order valence-corrected chi connectivity index (χ1v) is 7.56. The van der Waals surface area contributed by atoms with E-state index in [2.05, 4.69) is 10.5 Å². The molecule has 0 spiro atoms. The van der Waals surface area contributed by atoms with Gasteiger partial charge in [-0.3, -0.25) is 4.79 Å². The van der Waals surface area contributed by atoms with Crippen LogP contribution in [0.15, 0.2) is 64.6 Å². The molecule has 0 aliphatic rings. The predicted octanol–water partition coefficient (Wildman–Crippen LogP) is 3.99. The average Bonchev–Trinajstić information content (AvgIpc) is 2.54. The zero-order valence-electron chi connectivity index (χ0n) is 12.0. The minimum Gasteiger partial charge on any atom is -0.386 e. The third-order valence-electron chi connectivity index (χ3n) is 2.63. The van der Waals surface area contributed by atoms with E-state index in [4.69, 9.17) is 4.84 Å². The number of rotatable bonds is 7. The van der Waals surface area contributed by atoms with Crippen molar-refractivity contribution in [3.63, 3.8) is 0 Å². The van der Waals surface area contributed by atoms with Crippen molar-refractivity contribution >= 4 is 29.6 Å². The highest BCUT2D eigenvalue weighted by Crippen LogP contribution is 2.26. The molecule has 1 N–H and O–H groups in total. The fourth-order valence-corrected chi connectivity index (χ4v) is 2.15. The predicted molar refractivity (Wildman–Crippen MR) is 86.9 cm³/mol. The number of anilines is 1. The lowest BCUT2D eigenvalue weighted by molar-refractivity contribution is -0.120. The molecule has 2 aromatic rings. The quantitative estimate of drug-likeness (QED) is 0.472. The number of nitrogens with zero attached hydrogens (tertiary/aromatic N) is 1. The third kappa shape index (κ3) is 6.48. The Morgan fingerprint density at radius 3 is 2.52 bits per heavy atom. The molecule has 120 valence electrons. The van der Waals surface area contributed by atoms with Crippen molar-refractivity contribution in [1.29, 1.82) is 0 Å². The van der Waals surface area contributed by atoms with Gasteiger partial charge in [0, 0.05) is 10.6 Å². The summed E-state index contributed by atoms with van der Waals surface area (Å²) in [5.74, 6) is -2.85. The number of thioether (sulfide) groups is 1. The van der Waals surface area contributed by atoms with Gasteiger partial charge in [0.15, 0.2) is 6.61 Å². The molecule has 0 saturated heterocycles. The molecule has 0 aromatic heterocycles. The molecule has 0 saturated carbocycles. The van der Waals surface area contributed by atoms with Crippen molar-refractivity contribution in [3.8, 4) is 0 Å². The zero-order valence-corrected chi connectivity index (χ0v) is 12.8. The van der Waals surface area contributed by atoms with E-state index >= 15 is 0 Å². The number of amides is 1. The van der Waals surface area contributed by atoms with Gasteiger partial charge in [0.1, 0.15) is 0 Å². The molecule has 4 nitrogen and oxygen atoms in total. The van der Waals surface area contributed by atoms with E-state index < -0.39 is 5.76 Å². The zero-order chi connectivity index (χ0) is 16.5. The number of hydrogen-bond donors (Lipinski definition) is 1. The summed E-state index contributed by atoms with van der Waals surface area (Å²) in [6, 6.07) is 15.5. The molecule has 23 heavy (non-hydrogen) atoms. The van der Waals surface area contributed by atoms with Crippen LogP contribution in [0.4, 0.5) is 14.5 Å². The van der Waals surface area contributed by atoms with Gasteiger partial charge < -0.3 is 10.2 Å². The number of oxime groups is 1. The smallest absolute Gasteiger partial charge is 0.288 e. The molecule has 0 aliphatic heterocycles. The van der Waals surface area contributed by atoms with E-state index in [9.17, 15) is 13.6 Å². The molecule has 7 heteroatoms. The Balaban J connectivity index is 1.75. The highest BCUT2D eigenvalue weighted by molar-refractivity contribution is 7.99. The van der Waals surface area contributed by atoms with E-state index in [-0.39, 0.29) is 12.5 Å². The summed E-state index contributed by atoms with van der Waals surface area (Å²) in [6.45, 7) is -0.239. The Bertz CT molecular complexity index is 649. The lowest BCUT2D eigenvalue weighted by Crippen LogP contribution is -2.16. The van der Waals surface area contributed by atoms with Gasteiger partial charge in [0.2, 0.25) is 0 Å². The van der Waals surface area contributed by atoms with Gasteiger partial charge in [-0.1, -0.05) is 47.2 Å². The van der Waals surface area contributed by atoms with Crippen LogP contribution in [0.3, 0.4) is 0 Å². The van der Waals surface area contributed by atoms with Crippen molar-refractivity contribution in [2.45, 2.75) is 10.7 Å². The second-order valence-electron chi connectivity index (χ2n) is 4.37. The normalized spacial score (nSPS) is 10.9. The molecular weight excluding hydrogens is 322 g/mol. The van der Waals surface area contributed by atoms with E-state index in [1.54, 1.807) is 12.1 Å². The van der Waals surface area contributed by atoms with Gasteiger partial charge in [-0.15, -0.1) is 0 Å². The summed E-state index contributed by atoms with van der Waals surface area (Å²) in [4.78, 5) is 17.0. The van der Waals surface area contributed by atoms with E-state index in [1.807, 2.05) is 30.3 Å². The summed E-state index contributed by atoms with van der Waals surface area (Å²) in [7, 11) is 0. The van der Waals surface area contributed by atoms with Gasteiger partial charge >= 0.3 is 0 Å². The van der Waals surface area contributed by atoms with Crippen molar-refractivity contribution < 1.29 is 18.4 Å². The van der Waals surface area contributed by atoms with Crippen molar-refractivity contribution in [3.05, 3.63) is 60.2 Å². The Morgan fingerprint density at radius 2 is 1.87 bits per heavy atom. The van der Waals surface area contributed by atoms with Crippen molar-refractivity contribution in [2.75, 3.05) is 11.9 Å². The first-order chi connectivity index (χ1) is 11.1. The number of carbonyl (C=O) groups is 1. The molecule has 0 fully saturated rings. The maximum absolute atomic E-state index is 12.2. The van der Waals surface area contributed by atoms with Crippen LogP contribution < -0.4 is 5.32 Å². The molecule has 2 rings (SSSR count). The van der Waals surface area contributed by atoms with Gasteiger partial charge in [-0.2, -0.15) is 8.78 Å². The molecule has 0 bridgehead atoms. The highest BCUT2D eigenvalue weighted by atomic mass is 32.2. The molecule has 0 unspecified atom stereocenters. The SMILES string of the molecule is O=C(CON=Cc1ccccc1)Nc1ccc(SC(F)F)cc1. The van der Waals surface area contributed by atoms with Crippen LogP contribution in [-0.4, -0.2) is 24.5 Å². The van der Waals surface area contributed by atoms with E-state index in [0.717, 1.165) is 5.56 Å². The highest BCUT2D eigenvalue weighted by Gasteiger charge is 2.06. The fourth-order valence-electron chi connectivity index (χ4n) is 1.65. The van der Waals surface area contributed by atoms with Crippen molar-refractivity contribution in [2.24, 2.45) is 5.16 Å². The Kier molecular flexibility index (Phi) is 6.56. The second kappa shape index (κ2) is 8.89. The summed E-state index contributed by atoms with van der Waals surface area (Å²) in [5.41, 5.74) is 1.37. The summed E-state index contributed by atoms with van der Waals surface area (Å²) >= 11 is 0.451. The number of alkyl halides is 2. The number of benzene rings is 2. The largest absolute Gasteiger partial charge is 0.386 e. The summed E-state index contributed by atoms with van der Waals surface area (Å²) in [5, 5.41) is 6.28. The maximum atomic E-state index is 12.2. The molecule has 0 radical (unpaired) electrons. The average molecular weight is 336 g/mol. The topological polar surface area (TPSA) is 50.7 Å². The molecule has 0 heterocycles. The fraction of sp³-hybridized carbons (Fsp3) is 0.125. The monoisotopic (exact) mass is 336 g/mol. The van der Waals surface area contributed by atoms with E-state index in [1.165, 1.54) is 18.3 Å². The Labute approximate surface area is 136 Å². The number of nitrogens with one attached hydrogen (secondary N) is 1. The van der Waals surface area contributed by atoms with Crippen molar-refractivity contribution in [1.82, 2.24) is 0 Å². The van der Waals surface area contributed by atoms with Crippen LogP contribution >= 0.6 is 11.8 Å². The van der Waals surface area contributed by atoms with Gasteiger partial charge in [-0.05, 0) is 29.8 Å². The van der Waals surface area contributed by atoms with Crippen LogP contribution in [-0.2, 0) is 9.63 Å². The molecule has 2 aromatic carbocycles. The van der Waals surface area contributed by atoms with Crippen LogP contribution in [0.2, 0.25) is 0 Å². The minimum absolute atomic E-state index is 0.239. The molecular formula is C16H14F2N2O2S. The van der Waals surface area contributed by atoms with Crippen LogP contribution in [0.5, 0.6) is 0 Å². The molecule has 1 amide bonds. The lowest BCUT2D eigenvalue weighted by Gasteiger charge is -2.05. The summed E-state index contributed by atoms with van der Waals surface area (Å²) < 4.78 is 24.4. The van der Waals surface area contributed by atoms with E-state index in [0.29, 0.717) is 22.3 Å². The Hall–Kier alpha value is -2.41. The number of carbonyl (C=O) groups excluding carboxylic acids is 1. The van der Waals surface area contributed by atoms with Gasteiger partial charge in [0.05, 0.1) is 6.21 Å². The lowest BCUT2D eigenvalue weighted by atomic mass is 10.2. The minimum atomic E-state index is -2.47. The first kappa shape index (κ1) is 17.0. The van der Waals surface area contributed by atoms with Gasteiger partial charge in [-0.25, -0.2) is 0 Å². The molecule has 0 atom stereocenters. The van der Waals surface area contributed by atoms with Crippen LogP contribution in [0.1, 0.15) is 5.56 Å². The van der Waals surface area contributed by atoms with Crippen LogP contribution in [0, 0.1) is 0 Å². The maximum Gasteiger partial charge on any atom is 0.288 e.